The van der Waals surface area contributed by atoms with Crippen LogP contribution in [-0.4, -0.2) is 64.0 Å². The maximum Gasteiger partial charge on any atom is 0.269 e. The number of carbonyl (C=O) groups excluding carboxylic acids is 2. The molecule has 0 aliphatic carbocycles. The van der Waals surface area contributed by atoms with Gasteiger partial charge in [-0.05, 0) is 78.8 Å². The van der Waals surface area contributed by atoms with Gasteiger partial charge in [0, 0.05) is 29.0 Å². The summed E-state index contributed by atoms with van der Waals surface area (Å²) >= 11 is 3.50. The van der Waals surface area contributed by atoms with E-state index in [1.807, 2.05) is 17.0 Å². The minimum absolute atomic E-state index is 0.0839. The maximum atomic E-state index is 12.7. The van der Waals surface area contributed by atoms with Crippen LogP contribution >= 0.6 is 15.9 Å². The Morgan fingerprint density at radius 2 is 1.90 bits per heavy atom. The molecule has 3 N–H and O–H groups in total. The Morgan fingerprint density at radius 3 is 2.59 bits per heavy atom. The van der Waals surface area contributed by atoms with Crippen LogP contribution in [0.1, 0.15) is 48.2 Å². The molecular formula is C21H27BrN5O2. The van der Waals surface area contributed by atoms with Crippen LogP contribution in [0.3, 0.4) is 0 Å². The van der Waals surface area contributed by atoms with Crippen LogP contribution in [0, 0.1) is 6.42 Å². The normalized spacial score (nSPS) is 19.0. The van der Waals surface area contributed by atoms with E-state index in [2.05, 4.69) is 31.0 Å². The smallest absolute Gasteiger partial charge is 0.269 e. The van der Waals surface area contributed by atoms with E-state index in [1.165, 1.54) is 32.4 Å². The summed E-state index contributed by atoms with van der Waals surface area (Å²) in [5.74, 6) is -0.488. The van der Waals surface area contributed by atoms with Gasteiger partial charge in [0.1, 0.15) is 0 Å². The second-order valence-corrected chi connectivity index (χ2v) is 8.85. The number of amides is 2. The van der Waals surface area contributed by atoms with Crippen LogP contribution in [-0.2, 0) is 11.2 Å². The number of hydrogen-bond donors (Lipinski definition) is 2. The molecule has 2 fully saturated rings. The zero-order valence-electron chi connectivity index (χ0n) is 16.5. The summed E-state index contributed by atoms with van der Waals surface area (Å²) in [5.41, 5.74) is 7.28. The fourth-order valence-corrected chi connectivity index (χ4v) is 5.11. The standard InChI is InChI=1S/C21H27BrN5O2/c22-17-13-14(12-16-19(17)24-25-20(16)21(23)29)4-5-18(28)27-10-6-15(7-11-27)26-8-2-1-3-9-26/h5,12-13,15H,1-4,6-11H2,(H2,23,29)(H,24,25). The number of primary amides is 1. The van der Waals surface area contributed by atoms with Crippen molar-refractivity contribution in [2.24, 2.45) is 5.73 Å². The van der Waals surface area contributed by atoms with Gasteiger partial charge in [-0.2, -0.15) is 5.10 Å². The Balaban J connectivity index is 1.34. The summed E-state index contributed by atoms with van der Waals surface area (Å²) in [6.45, 7) is 4.08. The lowest BCUT2D eigenvalue weighted by Gasteiger charge is -2.40. The van der Waals surface area contributed by atoms with Crippen molar-refractivity contribution >= 4 is 38.6 Å². The molecule has 2 aliphatic heterocycles. The number of piperidine rings is 2. The van der Waals surface area contributed by atoms with Crippen molar-refractivity contribution in [3.63, 3.8) is 0 Å². The van der Waals surface area contributed by atoms with Gasteiger partial charge < -0.3 is 15.5 Å². The average Bonchev–Trinajstić information content (AvgIpc) is 3.18. The summed E-state index contributed by atoms with van der Waals surface area (Å²) in [4.78, 5) is 28.8. The molecule has 7 nitrogen and oxygen atoms in total. The lowest BCUT2D eigenvalue weighted by Crippen LogP contribution is -2.48. The highest BCUT2D eigenvalue weighted by Crippen LogP contribution is 2.27. The highest BCUT2D eigenvalue weighted by molar-refractivity contribution is 9.10. The molecule has 1 aromatic carbocycles. The molecule has 1 radical (unpaired) electrons. The van der Waals surface area contributed by atoms with Gasteiger partial charge in [-0.3, -0.25) is 14.7 Å². The first-order valence-corrected chi connectivity index (χ1v) is 11.1. The first-order chi connectivity index (χ1) is 14.0. The number of halogens is 1. The number of nitrogens with two attached hydrogens (primary N) is 1. The van der Waals surface area contributed by atoms with Gasteiger partial charge in [-0.25, -0.2) is 0 Å². The fraction of sp³-hybridized carbons (Fsp3) is 0.524. The zero-order chi connectivity index (χ0) is 20.4. The van der Waals surface area contributed by atoms with E-state index < -0.39 is 5.91 Å². The Hall–Kier alpha value is -1.93. The molecule has 8 heteroatoms. The third-order valence-electron chi connectivity index (χ3n) is 6.11. The summed E-state index contributed by atoms with van der Waals surface area (Å²) in [6.07, 6.45) is 8.33. The van der Waals surface area contributed by atoms with E-state index in [0.29, 0.717) is 17.8 Å². The predicted octanol–water partition coefficient (Wildman–Crippen LogP) is 2.65. The van der Waals surface area contributed by atoms with Crippen molar-refractivity contribution in [3.8, 4) is 0 Å². The lowest BCUT2D eigenvalue weighted by atomic mass is 9.99. The van der Waals surface area contributed by atoms with Crippen LogP contribution < -0.4 is 5.73 Å². The molecule has 155 valence electrons. The third-order valence-corrected chi connectivity index (χ3v) is 6.74. The number of benzene rings is 1. The van der Waals surface area contributed by atoms with E-state index in [9.17, 15) is 9.59 Å². The Kier molecular flexibility index (Phi) is 6.20. The minimum atomic E-state index is -0.572. The van der Waals surface area contributed by atoms with Crippen LogP contribution in [0.15, 0.2) is 16.6 Å². The lowest BCUT2D eigenvalue weighted by molar-refractivity contribution is -0.129. The Morgan fingerprint density at radius 1 is 1.17 bits per heavy atom. The van der Waals surface area contributed by atoms with E-state index in [1.54, 1.807) is 6.42 Å². The quantitative estimate of drug-likeness (QED) is 0.716. The van der Waals surface area contributed by atoms with Gasteiger partial charge >= 0.3 is 0 Å². The van der Waals surface area contributed by atoms with Gasteiger partial charge in [0.25, 0.3) is 5.91 Å². The third kappa shape index (κ3) is 4.48. The molecular weight excluding hydrogens is 434 g/mol. The van der Waals surface area contributed by atoms with Crippen LogP contribution in [0.2, 0.25) is 0 Å². The van der Waals surface area contributed by atoms with Gasteiger partial charge in [0.2, 0.25) is 5.91 Å². The molecule has 0 spiro atoms. The van der Waals surface area contributed by atoms with Crippen LogP contribution in [0.4, 0.5) is 0 Å². The molecule has 2 aliphatic rings. The topological polar surface area (TPSA) is 95.3 Å². The monoisotopic (exact) mass is 460 g/mol. The van der Waals surface area contributed by atoms with E-state index >= 15 is 0 Å². The van der Waals surface area contributed by atoms with Crippen molar-refractivity contribution in [2.45, 2.75) is 44.6 Å². The van der Waals surface area contributed by atoms with Gasteiger partial charge in [0.05, 0.1) is 11.9 Å². The Labute approximate surface area is 179 Å². The first kappa shape index (κ1) is 20.3. The minimum Gasteiger partial charge on any atom is -0.364 e. The van der Waals surface area contributed by atoms with Crippen molar-refractivity contribution < 1.29 is 9.59 Å². The molecule has 0 unspecified atom stereocenters. The average molecular weight is 461 g/mol. The van der Waals surface area contributed by atoms with Crippen LogP contribution in [0.25, 0.3) is 10.9 Å². The number of aromatic nitrogens is 2. The second kappa shape index (κ2) is 8.83. The molecule has 29 heavy (non-hydrogen) atoms. The number of nitrogens with one attached hydrogen (secondary N) is 1. The highest BCUT2D eigenvalue weighted by atomic mass is 79.9. The molecule has 1 aromatic heterocycles. The summed E-state index contributed by atoms with van der Waals surface area (Å²) in [7, 11) is 0. The summed E-state index contributed by atoms with van der Waals surface area (Å²) in [5, 5.41) is 7.49. The predicted molar refractivity (Wildman–Crippen MR) is 115 cm³/mol. The number of likely N-dealkylation sites (tertiary alicyclic amines) is 2. The molecule has 0 saturated carbocycles. The van der Waals surface area contributed by atoms with E-state index in [-0.39, 0.29) is 11.6 Å². The van der Waals surface area contributed by atoms with Crippen LogP contribution in [0.5, 0.6) is 0 Å². The number of H-pyrrole nitrogens is 1. The van der Waals surface area contributed by atoms with Crippen molar-refractivity contribution in [2.75, 3.05) is 26.2 Å². The Bertz CT molecular complexity index is 898. The van der Waals surface area contributed by atoms with Gasteiger partial charge in [-0.15, -0.1) is 0 Å². The largest absolute Gasteiger partial charge is 0.364 e. The summed E-state index contributed by atoms with van der Waals surface area (Å²) in [6, 6.07) is 4.44. The zero-order valence-corrected chi connectivity index (χ0v) is 18.1. The first-order valence-electron chi connectivity index (χ1n) is 10.4. The van der Waals surface area contributed by atoms with Crippen molar-refractivity contribution in [1.29, 1.82) is 0 Å². The molecule has 3 heterocycles. The number of nitrogens with zero attached hydrogens (tertiary/aromatic N) is 3. The highest BCUT2D eigenvalue weighted by Gasteiger charge is 2.27. The van der Waals surface area contributed by atoms with Gasteiger partial charge in [-0.1, -0.05) is 6.42 Å². The summed E-state index contributed by atoms with van der Waals surface area (Å²) < 4.78 is 0.799. The SMILES string of the molecule is NC(=O)c1n[nH]c2c(Br)cc(C[CH]C(=O)N3CCC(N4CCCCC4)CC3)cc12. The number of aromatic amines is 1. The number of fused-ring (bicyclic) bond motifs is 1. The van der Waals surface area contributed by atoms with Crippen molar-refractivity contribution in [1.82, 2.24) is 20.0 Å². The molecule has 4 rings (SSSR count). The van der Waals surface area contributed by atoms with E-state index in [4.69, 9.17) is 5.73 Å². The molecule has 2 saturated heterocycles. The molecule has 0 bridgehead atoms. The number of rotatable bonds is 5. The maximum absolute atomic E-state index is 12.7. The van der Waals surface area contributed by atoms with Crippen molar-refractivity contribution in [3.05, 3.63) is 34.3 Å². The number of hydrogen-bond acceptors (Lipinski definition) is 4. The molecule has 2 aromatic rings. The number of carbonyl (C=O) groups is 2. The van der Waals surface area contributed by atoms with Gasteiger partial charge in [0.15, 0.2) is 5.69 Å². The molecule has 2 amide bonds. The second-order valence-electron chi connectivity index (χ2n) is 8.00. The molecule has 0 atom stereocenters. The fourth-order valence-electron chi connectivity index (χ4n) is 4.51. The van der Waals surface area contributed by atoms with E-state index in [0.717, 1.165) is 41.5 Å².